The van der Waals surface area contributed by atoms with Gasteiger partial charge in [-0.15, -0.1) is 0 Å². The molecule has 1 fully saturated rings. The summed E-state index contributed by atoms with van der Waals surface area (Å²) in [5.74, 6) is -0.00214. The number of nitrogens with one attached hydrogen (secondary N) is 2. The molecule has 1 atom stereocenters. The van der Waals surface area contributed by atoms with Crippen molar-refractivity contribution in [2.45, 2.75) is 36.5 Å². The Balaban J connectivity index is 1.61. The number of piperidine rings is 1. The van der Waals surface area contributed by atoms with Gasteiger partial charge in [-0.3, -0.25) is 14.7 Å². The molecule has 1 unspecified atom stereocenters. The zero-order valence-electron chi connectivity index (χ0n) is 18.1. The maximum Gasteiger partial charge on any atom is 0.256 e. The number of hydrogen-bond donors (Lipinski definition) is 2. The lowest BCUT2D eigenvalue weighted by molar-refractivity contribution is -0.132. The van der Waals surface area contributed by atoms with Crippen LogP contribution in [-0.4, -0.2) is 74.5 Å². The molecule has 9 nitrogen and oxygen atoms in total. The number of carbonyl (C=O) groups is 2. The first-order valence-electron chi connectivity index (χ1n) is 10.3. The van der Waals surface area contributed by atoms with Crippen LogP contribution in [0.2, 0.25) is 0 Å². The third-order valence-electron chi connectivity index (χ3n) is 5.62. The first kappa shape index (κ1) is 23.0. The fourth-order valence-corrected chi connectivity index (χ4v) is 4.55. The second-order valence-corrected chi connectivity index (χ2v) is 9.81. The Kier molecular flexibility index (Phi) is 7.11. The number of hydrogen-bond acceptors (Lipinski definition) is 5. The van der Waals surface area contributed by atoms with Gasteiger partial charge < -0.3 is 9.80 Å². The van der Waals surface area contributed by atoms with E-state index in [0.29, 0.717) is 31.5 Å². The summed E-state index contributed by atoms with van der Waals surface area (Å²) in [6.07, 6.45) is 4.19. The van der Waals surface area contributed by atoms with Gasteiger partial charge >= 0.3 is 0 Å². The van der Waals surface area contributed by atoms with Crippen LogP contribution in [0.25, 0.3) is 0 Å². The Morgan fingerprint density at radius 2 is 1.97 bits per heavy atom. The summed E-state index contributed by atoms with van der Waals surface area (Å²) in [5.41, 5.74) is 2.25. The van der Waals surface area contributed by atoms with E-state index in [9.17, 15) is 18.0 Å². The highest BCUT2D eigenvalue weighted by Crippen LogP contribution is 2.28. The number of amides is 2. The number of benzene rings is 1. The minimum absolute atomic E-state index is 0.0464. The van der Waals surface area contributed by atoms with Crippen molar-refractivity contribution < 1.29 is 18.0 Å². The van der Waals surface area contributed by atoms with E-state index in [4.69, 9.17) is 0 Å². The van der Waals surface area contributed by atoms with Crippen molar-refractivity contribution in [3.05, 3.63) is 47.3 Å². The largest absolute Gasteiger partial charge is 0.345 e. The summed E-state index contributed by atoms with van der Waals surface area (Å²) in [7, 11) is 1.31. The predicted molar refractivity (Wildman–Crippen MR) is 116 cm³/mol. The van der Waals surface area contributed by atoms with Gasteiger partial charge in [0.25, 0.3) is 5.91 Å². The number of H-pyrrole nitrogens is 1. The summed E-state index contributed by atoms with van der Waals surface area (Å²) in [5, 5.41) is 7.02. The van der Waals surface area contributed by atoms with E-state index in [1.807, 2.05) is 4.90 Å². The van der Waals surface area contributed by atoms with Crippen LogP contribution >= 0.6 is 0 Å². The van der Waals surface area contributed by atoms with Crippen LogP contribution in [0.4, 0.5) is 0 Å². The van der Waals surface area contributed by atoms with E-state index < -0.39 is 10.0 Å². The first-order chi connectivity index (χ1) is 14.7. The number of nitrogens with zero attached hydrogens (tertiary/aromatic N) is 3. The Morgan fingerprint density at radius 1 is 1.26 bits per heavy atom. The second kappa shape index (κ2) is 9.61. The molecule has 0 radical (unpaired) electrons. The molecular formula is C21H29N5O4S. The minimum atomic E-state index is -3.47. The third kappa shape index (κ3) is 5.31. The SMILES string of the molecule is CNS(=O)(=O)c1ccc(CCC(=O)N2CCCC(c3[nH]ncc3C(=O)N(C)C)C2)cc1. The van der Waals surface area contributed by atoms with Crippen LogP contribution in [0.15, 0.2) is 35.4 Å². The average Bonchev–Trinajstić information content (AvgIpc) is 3.27. The Labute approximate surface area is 182 Å². The zero-order valence-corrected chi connectivity index (χ0v) is 18.9. The van der Waals surface area contributed by atoms with Crippen molar-refractivity contribution >= 4 is 21.8 Å². The van der Waals surface area contributed by atoms with Gasteiger partial charge in [-0.05, 0) is 44.0 Å². The molecule has 1 aromatic heterocycles. The van der Waals surface area contributed by atoms with Crippen molar-refractivity contribution in [2.75, 3.05) is 34.2 Å². The van der Waals surface area contributed by atoms with Crippen LogP contribution in [0.3, 0.4) is 0 Å². The summed E-state index contributed by atoms with van der Waals surface area (Å²) in [6, 6.07) is 6.56. The van der Waals surface area contributed by atoms with Gasteiger partial charge in [0.15, 0.2) is 0 Å². The van der Waals surface area contributed by atoms with E-state index >= 15 is 0 Å². The average molecular weight is 448 g/mol. The van der Waals surface area contributed by atoms with Crippen molar-refractivity contribution in [2.24, 2.45) is 0 Å². The summed E-state index contributed by atoms with van der Waals surface area (Å²) < 4.78 is 25.9. The molecule has 10 heteroatoms. The standard InChI is InChI=1S/C21H29N5O4S/c1-22-31(29,30)17-9-6-15(7-10-17)8-11-19(27)26-12-4-5-16(14-26)20-18(13-23-24-20)21(28)25(2)3/h6-7,9-10,13,16,22H,4-5,8,11-12,14H2,1-3H3,(H,23,24). The van der Waals surface area contributed by atoms with Crippen molar-refractivity contribution in [1.29, 1.82) is 0 Å². The highest BCUT2D eigenvalue weighted by atomic mass is 32.2. The van der Waals surface area contributed by atoms with Gasteiger partial charge in [0.1, 0.15) is 0 Å². The van der Waals surface area contributed by atoms with Gasteiger partial charge in [-0.1, -0.05) is 12.1 Å². The van der Waals surface area contributed by atoms with Gasteiger partial charge in [0, 0.05) is 39.5 Å². The number of rotatable bonds is 7. The lowest BCUT2D eigenvalue weighted by Gasteiger charge is -2.33. The minimum Gasteiger partial charge on any atom is -0.345 e. The molecule has 31 heavy (non-hydrogen) atoms. The monoisotopic (exact) mass is 447 g/mol. The number of aromatic nitrogens is 2. The second-order valence-electron chi connectivity index (χ2n) is 7.93. The maximum atomic E-state index is 12.8. The maximum absolute atomic E-state index is 12.8. The van der Waals surface area contributed by atoms with Crippen LogP contribution in [0.1, 0.15) is 46.8 Å². The van der Waals surface area contributed by atoms with E-state index in [1.165, 1.54) is 11.9 Å². The zero-order chi connectivity index (χ0) is 22.6. The quantitative estimate of drug-likeness (QED) is 0.665. The van der Waals surface area contributed by atoms with E-state index in [2.05, 4.69) is 14.9 Å². The van der Waals surface area contributed by atoms with Crippen LogP contribution < -0.4 is 4.72 Å². The van der Waals surface area contributed by atoms with Crippen molar-refractivity contribution in [1.82, 2.24) is 24.7 Å². The van der Waals surface area contributed by atoms with Gasteiger partial charge in [0.05, 0.1) is 22.3 Å². The summed E-state index contributed by atoms with van der Waals surface area (Å²) in [6.45, 7) is 1.24. The smallest absolute Gasteiger partial charge is 0.256 e. The summed E-state index contributed by atoms with van der Waals surface area (Å²) >= 11 is 0. The molecule has 0 bridgehead atoms. The fraction of sp³-hybridized carbons (Fsp3) is 0.476. The molecule has 0 aliphatic carbocycles. The number of likely N-dealkylation sites (tertiary alicyclic amines) is 1. The first-order valence-corrected chi connectivity index (χ1v) is 11.8. The molecule has 168 valence electrons. The molecule has 2 amide bonds. The van der Waals surface area contributed by atoms with Gasteiger partial charge in [-0.2, -0.15) is 5.10 Å². The lowest BCUT2D eigenvalue weighted by atomic mass is 9.92. The molecule has 2 aromatic rings. The lowest BCUT2D eigenvalue weighted by Crippen LogP contribution is -2.39. The Bertz CT molecular complexity index is 1030. The predicted octanol–water partition coefficient (Wildman–Crippen LogP) is 1.36. The molecule has 0 saturated carbocycles. The Morgan fingerprint density at radius 3 is 2.61 bits per heavy atom. The molecule has 0 spiro atoms. The molecule has 2 heterocycles. The fourth-order valence-electron chi connectivity index (χ4n) is 3.82. The highest BCUT2D eigenvalue weighted by Gasteiger charge is 2.29. The van der Waals surface area contributed by atoms with Crippen LogP contribution in [0, 0.1) is 0 Å². The Hall–Kier alpha value is -2.72. The van der Waals surface area contributed by atoms with Gasteiger partial charge in [-0.25, -0.2) is 13.1 Å². The van der Waals surface area contributed by atoms with Crippen molar-refractivity contribution in [3.63, 3.8) is 0 Å². The van der Waals surface area contributed by atoms with E-state index in [0.717, 1.165) is 24.1 Å². The number of carbonyl (C=O) groups excluding carboxylic acids is 2. The molecule has 1 saturated heterocycles. The van der Waals surface area contributed by atoms with Crippen molar-refractivity contribution in [3.8, 4) is 0 Å². The molecule has 3 rings (SSSR count). The molecule has 1 aromatic carbocycles. The molecule has 1 aliphatic heterocycles. The van der Waals surface area contributed by atoms with Crippen LogP contribution in [0.5, 0.6) is 0 Å². The highest BCUT2D eigenvalue weighted by molar-refractivity contribution is 7.89. The summed E-state index contributed by atoms with van der Waals surface area (Å²) in [4.78, 5) is 28.8. The molecular weight excluding hydrogens is 418 g/mol. The van der Waals surface area contributed by atoms with Crippen LogP contribution in [-0.2, 0) is 21.2 Å². The van der Waals surface area contributed by atoms with E-state index in [1.54, 1.807) is 44.6 Å². The number of aryl methyl sites for hydroxylation is 1. The van der Waals surface area contributed by atoms with E-state index in [-0.39, 0.29) is 22.6 Å². The molecule has 2 N–H and O–H groups in total. The van der Waals surface area contributed by atoms with Gasteiger partial charge in [0.2, 0.25) is 15.9 Å². The third-order valence-corrected chi connectivity index (χ3v) is 7.05. The number of aromatic amines is 1. The molecule has 1 aliphatic rings. The number of sulfonamides is 1. The normalized spacial score (nSPS) is 16.9. The topological polar surface area (TPSA) is 115 Å².